The summed E-state index contributed by atoms with van der Waals surface area (Å²) in [6.45, 7) is 4.91. The lowest BCUT2D eigenvalue weighted by molar-refractivity contribution is -0.599. The topological polar surface area (TPSA) is 72.5 Å². The summed E-state index contributed by atoms with van der Waals surface area (Å²) in [6.07, 6.45) is -3.63. The van der Waals surface area contributed by atoms with Gasteiger partial charge in [-0.3, -0.25) is 0 Å². The van der Waals surface area contributed by atoms with Crippen molar-refractivity contribution in [1.29, 1.82) is 0 Å². The molecule has 1 aromatic carbocycles. The van der Waals surface area contributed by atoms with Crippen LogP contribution in [0.4, 0.5) is 13.2 Å². The van der Waals surface area contributed by atoms with Crippen molar-refractivity contribution in [1.82, 2.24) is 0 Å². The normalized spacial score (nSPS) is 42.8. The molecule has 5 fully saturated rings. The summed E-state index contributed by atoms with van der Waals surface area (Å²) in [7, 11) is 1.26. The molecule has 3 unspecified atom stereocenters. The van der Waals surface area contributed by atoms with E-state index in [9.17, 15) is 18.0 Å². The SMILES string of the molecule is COC(=O)c1ccc(CO[C@@]2(C(F)(F)F)OC3O[C@]4(C)CCC5[C@H](C)CCC([C@H]2C)[C@@]35OO4)cc1. The molecule has 4 aliphatic heterocycles. The van der Waals surface area contributed by atoms with E-state index in [2.05, 4.69) is 11.7 Å². The van der Waals surface area contributed by atoms with Crippen LogP contribution in [-0.2, 0) is 35.3 Å². The minimum atomic E-state index is -4.84. The number of rotatable bonds is 4. The van der Waals surface area contributed by atoms with Gasteiger partial charge in [-0.25, -0.2) is 14.6 Å². The number of carbonyl (C=O) groups is 1. The molecule has 10 heteroatoms. The van der Waals surface area contributed by atoms with E-state index in [4.69, 9.17) is 24.0 Å². The lowest BCUT2D eigenvalue weighted by Crippen LogP contribution is -2.75. The number of esters is 1. The first-order chi connectivity index (χ1) is 16.5. The fourth-order valence-corrected chi connectivity index (χ4v) is 6.53. The Kier molecular flexibility index (Phi) is 6.00. The highest BCUT2D eigenvalue weighted by atomic mass is 19.4. The highest BCUT2D eigenvalue weighted by molar-refractivity contribution is 5.89. The number of hydrogen-bond acceptors (Lipinski definition) is 7. The minimum absolute atomic E-state index is 0.0601. The van der Waals surface area contributed by atoms with Gasteiger partial charge in [0.05, 0.1) is 19.3 Å². The smallest absolute Gasteiger partial charge is 0.443 e. The molecule has 1 aliphatic carbocycles. The van der Waals surface area contributed by atoms with E-state index in [0.29, 0.717) is 30.4 Å². The molecule has 5 aliphatic rings. The van der Waals surface area contributed by atoms with Gasteiger partial charge in [0, 0.05) is 18.3 Å². The minimum Gasteiger partial charge on any atom is -0.465 e. The molecule has 4 heterocycles. The molecule has 4 saturated heterocycles. The Hall–Kier alpha value is -1.72. The fourth-order valence-electron chi connectivity index (χ4n) is 6.53. The zero-order valence-corrected chi connectivity index (χ0v) is 20.2. The van der Waals surface area contributed by atoms with Crippen LogP contribution in [0.1, 0.15) is 62.4 Å². The van der Waals surface area contributed by atoms with Gasteiger partial charge < -0.3 is 18.9 Å². The molecule has 194 valence electrons. The van der Waals surface area contributed by atoms with Crippen LogP contribution < -0.4 is 0 Å². The van der Waals surface area contributed by atoms with Crippen LogP contribution in [0.3, 0.4) is 0 Å². The number of benzene rings is 1. The maximum absolute atomic E-state index is 14.8. The second-order valence-corrected chi connectivity index (χ2v) is 10.5. The van der Waals surface area contributed by atoms with Crippen molar-refractivity contribution in [2.75, 3.05) is 7.11 Å². The molecule has 1 saturated carbocycles. The largest absolute Gasteiger partial charge is 0.465 e. The van der Waals surface area contributed by atoms with Gasteiger partial charge in [-0.15, -0.1) is 0 Å². The van der Waals surface area contributed by atoms with E-state index in [0.717, 1.165) is 6.42 Å². The molecule has 0 N–H and O–H groups in total. The summed E-state index contributed by atoms with van der Waals surface area (Å²) in [6, 6.07) is 6.03. The van der Waals surface area contributed by atoms with E-state index in [1.54, 1.807) is 6.92 Å². The summed E-state index contributed by atoms with van der Waals surface area (Å²) >= 11 is 0. The first-order valence-corrected chi connectivity index (χ1v) is 12.1. The molecule has 8 atom stereocenters. The number of ether oxygens (including phenoxy) is 4. The molecule has 6 rings (SSSR count). The first kappa shape index (κ1) is 25.0. The van der Waals surface area contributed by atoms with Crippen molar-refractivity contribution in [2.24, 2.45) is 23.7 Å². The van der Waals surface area contributed by atoms with Gasteiger partial charge in [0.25, 0.3) is 5.79 Å². The third kappa shape index (κ3) is 3.71. The van der Waals surface area contributed by atoms with Crippen LogP contribution in [0.25, 0.3) is 0 Å². The summed E-state index contributed by atoms with van der Waals surface area (Å²) in [5.74, 6) is -6.09. The molecule has 2 bridgehead atoms. The number of halogens is 3. The van der Waals surface area contributed by atoms with E-state index < -0.39 is 47.4 Å². The maximum Gasteiger partial charge on any atom is 0.443 e. The van der Waals surface area contributed by atoms with Crippen LogP contribution in [0.5, 0.6) is 0 Å². The van der Waals surface area contributed by atoms with Gasteiger partial charge in [0.2, 0.25) is 5.79 Å². The summed E-state index contributed by atoms with van der Waals surface area (Å²) in [4.78, 5) is 23.3. The molecule has 0 aromatic heterocycles. The molecule has 1 aromatic rings. The maximum atomic E-state index is 14.8. The van der Waals surface area contributed by atoms with Crippen LogP contribution in [0.15, 0.2) is 24.3 Å². The molecular formula is C25H31F3O7. The lowest BCUT2D eigenvalue weighted by Gasteiger charge is -2.62. The van der Waals surface area contributed by atoms with E-state index in [1.807, 2.05) is 0 Å². The zero-order chi connectivity index (χ0) is 25.2. The monoisotopic (exact) mass is 500 g/mol. The Morgan fingerprint density at radius 2 is 1.77 bits per heavy atom. The molecule has 1 spiro atoms. The fraction of sp³-hybridized carbons (Fsp3) is 0.720. The van der Waals surface area contributed by atoms with Crippen molar-refractivity contribution in [2.45, 2.75) is 82.7 Å². The number of carbonyl (C=O) groups excluding carboxylic acids is 1. The molecule has 7 nitrogen and oxygen atoms in total. The molecule has 0 radical (unpaired) electrons. The van der Waals surface area contributed by atoms with Gasteiger partial charge in [-0.2, -0.15) is 13.2 Å². The summed E-state index contributed by atoms with van der Waals surface area (Å²) in [5, 5.41) is 0. The van der Waals surface area contributed by atoms with Crippen molar-refractivity contribution in [3.63, 3.8) is 0 Å². The Bertz CT molecular complexity index is 969. The van der Waals surface area contributed by atoms with Crippen molar-refractivity contribution < 1.29 is 46.7 Å². The van der Waals surface area contributed by atoms with Gasteiger partial charge in [0.1, 0.15) is 0 Å². The average Bonchev–Trinajstić information content (AvgIpc) is 3.05. The predicted molar refractivity (Wildman–Crippen MR) is 114 cm³/mol. The third-order valence-electron chi connectivity index (χ3n) is 8.48. The average molecular weight is 501 g/mol. The number of alkyl halides is 3. The Balaban J connectivity index is 1.49. The highest BCUT2D eigenvalue weighted by Crippen LogP contribution is 2.64. The highest BCUT2D eigenvalue weighted by Gasteiger charge is 2.77. The van der Waals surface area contributed by atoms with Crippen molar-refractivity contribution in [3.8, 4) is 0 Å². The third-order valence-corrected chi connectivity index (χ3v) is 8.48. The zero-order valence-electron chi connectivity index (χ0n) is 20.2. The Morgan fingerprint density at radius 1 is 1.06 bits per heavy atom. The Labute approximate surface area is 202 Å². The van der Waals surface area contributed by atoms with Gasteiger partial charge in [-0.05, 0) is 55.7 Å². The van der Waals surface area contributed by atoms with E-state index >= 15 is 0 Å². The molecule has 35 heavy (non-hydrogen) atoms. The van der Waals surface area contributed by atoms with Crippen LogP contribution in [0, 0.1) is 23.7 Å². The quantitative estimate of drug-likeness (QED) is 0.419. The van der Waals surface area contributed by atoms with Crippen LogP contribution >= 0.6 is 0 Å². The standard InChI is InChI=1S/C25H31F3O7/c1-14-5-10-19-15(2)24(25(26,27)28,31-13-16-6-8-17(9-7-16)20(29)30-4)33-21-23(19)18(14)11-12-22(3,32-21)34-35-23/h6-9,14-15,18-19,21H,5,10-13H2,1-4H3/t14-,15-,18?,19?,21?,22+,23-,24-/m1/s1. The van der Waals surface area contributed by atoms with E-state index in [-0.39, 0.29) is 18.4 Å². The van der Waals surface area contributed by atoms with Gasteiger partial charge >= 0.3 is 12.1 Å². The summed E-state index contributed by atoms with van der Waals surface area (Å²) < 4.78 is 66.7. The number of methoxy groups -OCH3 is 1. The van der Waals surface area contributed by atoms with Crippen LogP contribution in [-0.4, -0.2) is 42.7 Å². The second kappa shape index (κ2) is 8.41. The summed E-state index contributed by atoms with van der Waals surface area (Å²) in [5.41, 5.74) is -0.378. The van der Waals surface area contributed by atoms with Gasteiger partial charge in [0.15, 0.2) is 11.9 Å². The Morgan fingerprint density at radius 3 is 2.43 bits per heavy atom. The molecule has 0 amide bonds. The second-order valence-electron chi connectivity index (χ2n) is 10.5. The first-order valence-electron chi connectivity index (χ1n) is 12.1. The van der Waals surface area contributed by atoms with Crippen molar-refractivity contribution in [3.05, 3.63) is 35.4 Å². The van der Waals surface area contributed by atoms with Gasteiger partial charge in [-0.1, -0.05) is 26.0 Å². The predicted octanol–water partition coefficient (Wildman–Crippen LogP) is 5.13. The lowest BCUT2D eigenvalue weighted by atomic mass is 9.57. The van der Waals surface area contributed by atoms with Crippen molar-refractivity contribution >= 4 is 5.97 Å². The number of fused-ring (bicyclic) bond motifs is 2. The number of hydrogen-bond donors (Lipinski definition) is 0. The van der Waals surface area contributed by atoms with Crippen LogP contribution in [0.2, 0.25) is 0 Å². The van der Waals surface area contributed by atoms with E-state index in [1.165, 1.54) is 38.3 Å². The molecular weight excluding hydrogens is 469 g/mol.